The molecule has 4 nitrogen and oxygen atoms in total. The summed E-state index contributed by atoms with van der Waals surface area (Å²) in [5, 5.41) is 32.5. The Morgan fingerprint density at radius 2 is 1.61 bits per heavy atom. The van der Waals surface area contributed by atoms with E-state index in [1.807, 2.05) is 0 Å². The van der Waals surface area contributed by atoms with E-state index in [9.17, 15) is 20.1 Å². The minimum atomic E-state index is -1.78. The minimum Gasteiger partial charge on any atom is -0.386 e. The van der Waals surface area contributed by atoms with Gasteiger partial charge >= 0.3 is 0 Å². The number of aliphatic hydroxyl groups is 3. The van der Waals surface area contributed by atoms with Crippen LogP contribution in [0.3, 0.4) is 0 Å². The van der Waals surface area contributed by atoms with Gasteiger partial charge in [-0.3, -0.25) is 4.79 Å². The quantitative estimate of drug-likeness (QED) is 0.597. The monoisotopic (exact) mass is 254 g/mol. The number of hydrogen-bond acceptors (Lipinski definition) is 4. The topological polar surface area (TPSA) is 77.8 Å². The van der Waals surface area contributed by atoms with Crippen LogP contribution in [0.2, 0.25) is 0 Å². The summed E-state index contributed by atoms with van der Waals surface area (Å²) in [7, 11) is 0. The number of Topliss-reactive ketones (excluding diaryl/α,β-unsaturated/α-hetero) is 1. The standard InChI is InChI=1S/C14H22O4/c1-10(2)6-7-14(18)11(3,16)13(17)8-12(10,14)5-4-9(13)15/h16-18H,4-8H2,1-3H3/t11-,12-,13+,14+/m0/s1. The van der Waals surface area contributed by atoms with Crippen molar-refractivity contribution >= 4 is 5.78 Å². The van der Waals surface area contributed by atoms with E-state index in [1.54, 1.807) is 0 Å². The fourth-order valence-corrected chi connectivity index (χ4v) is 5.11. The van der Waals surface area contributed by atoms with Crippen LogP contribution in [-0.2, 0) is 4.79 Å². The van der Waals surface area contributed by atoms with E-state index in [2.05, 4.69) is 13.8 Å². The number of carbonyl (C=O) groups excluding carboxylic acids is 1. The van der Waals surface area contributed by atoms with Gasteiger partial charge in [0.05, 0.1) is 0 Å². The molecule has 0 aromatic carbocycles. The third kappa shape index (κ3) is 0.898. The average Bonchev–Trinajstić information content (AvgIpc) is 2.52. The molecule has 1 spiro atoms. The fraction of sp³-hybridized carbons (Fsp3) is 0.929. The second kappa shape index (κ2) is 2.84. The van der Waals surface area contributed by atoms with Gasteiger partial charge in [-0.1, -0.05) is 13.8 Å². The third-order valence-corrected chi connectivity index (χ3v) is 6.61. The zero-order valence-electron chi connectivity index (χ0n) is 11.3. The van der Waals surface area contributed by atoms with Gasteiger partial charge in [0.15, 0.2) is 11.4 Å². The van der Waals surface area contributed by atoms with Gasteiger partial charge < -0.3 is 15.3 Å². The molecule has 0 heterocycles. The Morgan fingerprint density at radius 3 is 2.22 bits per heavy atom. The molecule has 4 heteroatoms. The summed E-state index contributed by atoms with van der Waals surface area (Å²) in [5.41, 5.74) is -5.60. The first-order valence-electron chi connectivity index (χ1n) is 6.75. The maximum absolute atomic E-state index is 12.0. The lowest BCUT2D eigenvalue weighted by molar-refractivity contribution is -0.207. The van der Waals surface area contributed by atoms with Crippen LogP contribution in [0.1, 0.15) is 52.9 Å². The summed E-state index contributed by atoms with van der Waals surface area (Å²) in [4.78, 5) is 12.0. The van der Waals surface area contributed by atoms with E-state index in [-0.39, 0.29) is 24.0 Å². The van der Waals surface area contributed by atoms with E-state index in [4.69, 9.17) is 0 Å². The van der Waals surface area contributed by atoms with Gasteiger partial charge in [-0.15, -0.1) is 0 Å². The highest BCUT2D eigenvalue weighted by Gasteiger charge is 2.83. The van der Waals surface area contributed by atoms with Crippen molar-refractivity contribution in [3.63, 3.8) is 0 Å². The molecular weight excluding hydrogens is 232 g/mol. The number of rotatable bonds is 0. The van der Waals surface area contributed by atoms with E-state index in [1.165, 1.54) is 6.92 Å². The highest BCUT2D eigenvalue weighted by molar-refractivity contribution is 5.91. The molecule has 2 bridgehead atoms. The largest absolute Gasteiger partial charge is 0.386 e. The van der Waals surface area contributed by atoms with E-state index < -0.39 is 22.2 Å². The lowest BCUT2D eigenvalue weighted by Crippen LogP contribution is -2.63. The molecule has 4 atom stereocenters. The van der Waals surface area contributed by atoms with Crippen LogP contribution in [0, 0.1) is 10.8 Å². The van der Waals surface area contributed by atoms with Crippen LogP contribution in [0.25, 0.3) is 0 Å². The van der Waals surface area contributed by atoms with Crippen LogP contribution in [-0.4, -0.2) is 37.9 Å². The maximum Gasteiger partial charge on any atom is 0.167 e. The zero-order chi connectivity index (χ0) is 13.6. The van der Waals surface area contributed by atoms with Crippen molar-refractivity contribution in [2.75, 3.05) is 0 Å². The molecule has 3 fully saturated rings. The Hall–Kier alpha value is -0.450. The average molecular weight is 254 g/mol. The molecule has 102 valence electrons. The van der Waals surface area contributed by atoms with Crippen molar-refractivity contribution < 1.29 is 20.1 Å². The molecule has 0 amide bonds. The van der Waals surface area contributed by atoms with Crippen LogP contribution in [0.4, 0.5) is 0 Å². The highest BCUT2D eigenvalue weighted by atomic mass is 16.4. The Balaban J connectivity index is 2.27. The van der Waals surface area contributed by atoms with Gasteiger partial charge in [0.2, 0.25) is 0 Å². The Bertz CT molecular complexity index is 441. The lowest BCUT2D eigenvalue weighted by Gasteiger charge is -2.47. The van der Waals surface area contributed by atoms with Crippen molar-refractivity contribution in [3.8, 4) is 0 Å². The van der Waals surface area contributed by atoms with E-state index >= 15 is 0 Å². The summed E-state index contributed by atoms with van der Waals surface area (Å²) in [6.45, 7) is 5.57. The van der Waals surface area contributed by atoms with Gasteiger partial charge in [0.25, 0.3) is 0 Å². The van der Waals surface area contributed by atoms with Crippen molar-refractivity contribution in [1.82, 2.24) is 0 Å². The summed E-state index contributed by atoms with van der Waals surface area (Å²) >= 11 is 0. The smallest absolute Gasteiger partial charge is 0.167 e. The predicted octanol–water partition coefficient (Wildman–Crippen LogP) is 0.773. The van der Waals surface area contributed by atoms with Crippen molar-refractivity contribution in [3.05, 3.63) is 0 Å². The first kappa shape index (κ1) is 12.6. The molecular formula is C14H22O4. The normalized spacial score (nSPS) is 57.8. The van der Waals surface area contributed by atoms with Crippen molar-refractivity contribution in [2.45, 2.75) is 69.7 Å². The van der Waals surface area contributed by atoms with Gasteiger partial charge in [0, 0.05) is 11.8 Å². The molecule has 0 aromatic heterocycles. The molecule has 3 N–H and O–H groups in total. The second-order valence-electron chi connectivity index (χ2n) is 7.36. The van der Waals surface area contributed by atoms with Crippen LogP contribution >= 0.6 is 0 Å². The number of hydrogen-bond donors (Lipinski definition) is 3. The molecule has 0 unspecified atom stereocenters. The van der Waals surface area contributed by atoms with Gasteiger partial charge in [-0.25, -0.2) is 0 Å². The highest BCUT2D eigenvalue weighted by Crippen LogP contribution is 2.74. The van der Waals surface area contributed by atoms with Crippen LogP contribution < -0.4 is 0 Å². The molecule has 0 radical (unpaired) electrons. The van der Waals surface area contributed by atoms with Crippen LogP contribution in [0.15, 0.2) is 0 Å². The minimum absolute atomic E-state index is 0.170. The molecule has 3 aliphatic carbocycles. The molecule has 18 heavy (non-hydrogen) atoms. The van der Waals surface area contributed by atoms with Gasteiger partial charge in [-0.2, -0.15) is 0 Å². The van der Waals surface area contributed by atoms with Crippen LogP contribution in [0.5, 0.6) is 0 Å². The Labute approximate surface area is 107 Å². The lowest BCUT2D eigenvalue weighted by atomic mass is 9.58. The molecule has 3 rings (SSSR count). The first-order chi connectivity index (χ1) is 8.04. The van der Waals surface area contributed by atoms with E-state index in [0.29, 0.717) is 12.8 Å². The summed E-state index contributed by atoms with van der Waals surface area (Å²) < 4.78 is 0. The van der Waals surface area contributed by atoms with Gasteiger partial charge in [-0.05, 0) is 38.0 Å². The number of ketones is 1. The molecule has 3 saturated carbocycles. The van der Waals surface area contributed by atoms with Crippen molar-refractivity contribution in [1.29, 1.82) is 0 Å². The molecule has 0 saturated heterocycles. The number of fused-ring (bicyclic) bond motifs is 1. The first-order valence-corrected chi connectivity index (χ1v) is 6.75. The number of carbonyl (C=O) groups is 1. The summed E-state index contributed by atoms with van der Waals surface area (Å²) in [6, 6.07) is 0. The molecule has 3 aliphatic rings. The summed E-state index contributed by atoms with van der Waals surface area (Å²) in [6.07, 6.45) is 2.26. The Kier molecular flexibility index (Phi) is 1.98. The summed E-state index contributed by atoms with van der Waals surface area (Å²) in [5.74, 6) is -0.322. The predicted molar refractivity (Wildman–Crippen MR) is 64.8 cm³/mol. The maximum atomic E-state index is 12.0. The molecule has 0 aliphatic heterocycles. The van der Waals surface area contributed by atoms with Crippen molar-refractivity contribution in [2.24, 2.45) is 10.8 Å². The Morgan fingerprint density at radius 1 is 1.00 bits per heavy atom. The van der Waals surface area contributed by atoms with E-state index in [0.717, 1.165) is 6.42 Å². The molecule has 0 aromatic rings. The second-order valence-corrected chi connectivity index (χ2v) is 7.36. The van der Waals surface area contributed by atoms with Gasteiger partial charge in [0.1, 0.15) is 11.2 Å². The third-order valence-electron chi connectivity index (χ3n) is 6.61. The SMILES string of the molecule is CC1(C)CC[C@]2(O)[C@]13CCC(=O)[C@](O)(C3)[C@]2(C)O. The zero-order valence-corrected chi connectivity index (χ0v) is 11.3. The fourth-order valence-electron chi connectivity index (χ4n) is 5.11.